The van der Waals surface area contributed by atoms with Crippen LogP contribution in [0.4, 0.5) is 0 Å². The van der Waals surface area contributed by atoms with Crippen molar-refractivity contribution in [3.63, 3.8) is 0 Å². The summed E-state index contributed by atoms with van der Waals surface area (Å²) in [5.41, 5.74) is 6.76. The fraction of sp³-hybridized carbons (Fsp3) is 0.375. The number of rotatable bonds is 3. The van der Waals surface area contributed by atoms with Crippen molar-refractivity contribution in [2.75, 3.05) is 6.61 Å². The molecule has 0 saturated heterocycles. The summed E-state index contributed by atoms with van der Waals surface area (Å²) < 4.78 is 11.7. The number of Topliss-reactive ketones (excluding diaryl/α,β-unsaturated/α-hetero) is 1. The Morgan fingerprint density at radius 3 is 2.91 bits per heavy atom. The maximum atomic E-state index is 12.5. The lowest BCUT2D eigenvalue weighted by molar-refractivity contribution is -0.139. The minimum Gasteiger partial charge on any atom is -0.462 e. The highest BCUT2D eigenvalue weighted by atomic mass is 79.9. The van der Waals surface area contributed by atoms with E-state index in [4.69, 9.17) is 15.2 Å². The predicted octanol–water partition coefficient (Wildman–Crippen LogP) is 3.36. The van der Waals surface area contributed by atoms with Gasteiger partial charge in [-0.1, -0.05) is 0 Å². The second-order valence-corrected chi connectivity index (χ2v) is 7.78. The third kappa shape index (κ3) is 2.95. The van der Waals surface area contributed by atoms with Crippen LogP contribution in [-0.2, 0) is 19.1 Å². The molecule has 0 aromatic carbocycles. The minimum atomic E-state index is -0.538. The molecular formula is C16H16BrNO4S. The topological polar surface area (TPSA) is 78.6 Å². The van der Waals surface area contributed by atoms with E-state index in [-0.39, 0.29) is 23.8 Å². The standard InChI is InChI=1S/C16H16BrNO4S/c1-2-21-16(20)14-13(10-6-7-11(17)23-10)12-8(19)4-3-5-9(12)22-15(14)18/h6-7,13H,2-5,18H2,1H3/t13-/m1/s1. The number of carbonyl (C=O) groups is 2. The molecule has 3 rings (SSSR count). The summed E-state index contributed by atoms with van der Waals surface area (Å²) in [5.74, 6) is -0.422. The Morgan fingerprint density at radius 1 is 1.48 bits per heavy atom. The first-order chi connectivity index (χ1) is 11.0. The number of esters is 1. The van der Waals surface area contributed by atoms with Crippen molar-refractivity contribution >= 4 is 39.0 Å². The predicted molar refractivity (Wildman–Crippen MR) is 89.6 cm³/mol. The maximum Gasteiger partial charge on any atom is 0.340 e. The summed E-state index contributed by atoms with van der Waals surface area (Å²) in [4.78, 5) is 25.8. The minimum absolute atomic E-state index is 0.00932. The van der Waals surface area contributed by atoms with Crippen LogP contribution in [0.1, 0.15) is 37.0 Å². The van der Waals surface area contributed by atoms with Gasteiger partial charge in [0.2, 0.25) is 5.88 Å². The van der Waals surface area contributed by atoms with Crippen LogP contribution in [0, 0.1) is 0 Å². The number of ether oxygens (including phenoxy) is 2. The van der Waals surface area contributed by atoms with Crippen LogP contribution in [0.15, 0.2) is 38.7 Å². The second-order valence-electron chi connectivity index (χ2n) is 5.29. The highest BCUT2D eigenvalue weighted by Crippen LogP contribution is 2.46. The molecule has 122 valence electrons. The zero-order valence-corrected chi connectivity index (χ0v) is 15.0. The molecule has 0 amide bonds. The van der Waals surface area contributed by atoms with Gasteiger partial charge in [0.1, 0.15) is 11.3 Å². The van der Waals surface area contributed by atoms with E-state index in [0.29, 0.717) is 24.2 Å². The number of nitrogens with two attached hydrogens (primary N) is 1. The van der Waals surface area contributed by atoms with E-state index in [9.17, 15) is 9.59 Å². The zero-order valence-electron chi connectivity index (χ0n) is 12.6. The Hall–Kier alpha value is -1.60. The summed E-state index contributed by atoms with van der Waals surface area (Å²) in [6.07, 6.45) is 1.85. The molecule has 1 aromatic heterocycles. The van der Waals surface area contributed by atoms with Crippen molar-refractivity contribution in [2.24, 2.45) is 5.73 Å². The van der Waals surface area contributed by atoms with E-state index in [0.717, 1.165) is 15.1 Å². The quantitative estimate of drug-likeness (QED) is 0.790. The van der Waals surface area contributed by atoms with Crippen LogP contribution < -0.4 is 5.73 Å². The number of hydrogen-bond acceptors (Lipinski definition) is 6. The van der Waals surface area contributed by atoms with E-state index < -0.39 is 11.9 Å². The van der Waals surface area contributed by atoms with Gasteiger partial charge in [-0.15, -0.1) is 11.3 Å². The second kappa shape index (κ2) is 6.49. The van der Waals surface area contributed by atoms with E-state index in [1.165, 1.54) is 11.3 Å². The van der Waals surface area contributed by atoms with Gasteiger partial charge < -0.3 is 15.2 Å². The highest BCUT2D eigenvalue weighted by molar-refractivity contribution is 9.11. The van der Waals surface area contributed by atoms with Gasteiger partial charge in [0.15, 0.2) is 5.78 Å². The van der Waals surface area contributed by atoms with Crippen LogP contribution >= 0.6 is 27.3 Å². The Bertz CT molecular complexity index is 734. The van der Waals surface area contributed by atoms with Gasteiger partial charge in [0.05, 0.1) is 16.3 Å². The van der Waals surface area contributed by atoms with Gasteiger partial charge >= 0.3 is 5.97 Å². The highest BCUT2D eigenvalue weighted by Gasteiger charge is 2.41. The van der Waals surface area contributed by atoms with Crippen molar-refractivity contribution in [3.05, 3.63) is 43.6 Å². The molecule has 23 heavy (non-hydrogen) atoms. The molecule has 1 aliphatic heterocycles. The zero-order chi connectivity index (χ0) is 16.6. The molecule has 5 nitrogen and oxygen atoms in total. The molecule has 1 aromatic rings. The summed E-state index contributed by atoms with van der Waals surface area (Å²) in [6, 6.07) is 3.78. The van der Waals surface area contributed by atoms with Gasteiger partial charge in [-0.05, 0) is 41.4 Å². The normalized spacial score (nSPS) is 21.1. The van der Waals surface area contributed by atoms with Gasteiger partial charge in [0.25, 0.3) is 0 Å². The Labute approximate surface area is 146 Å². The molecule has 0 unspecified atom stereocenters. The largest absolute Gasteiger partial charge is 0.462 e. The Morgan fingerprint density at radius 2 is 2.26 bits per heavy atom. The molecule has 0 bridgehead atoms. The number of carbonyl (C=O) groups excluding carboxylic acids is 2. The van der Waals surface area contributed by atoms with Gasteiger partial charge in [-0.25, -0.2) is 4.79 Å². The SMILES string of the molecule is CCOC(=O)C1=C(N)OC2=C(C(=O)CCC2)[C@H]1c1ccc(Br)s1. The third-order valence-corrected chi connectivity index (χ3v) is 5.55. The summed E-state index contributed by atoms with van der Waals surface area (Å²) in [5, 5.41) is 0. The van der Waals surface area contributed by atoms with Gasteiger partial charge in [-0.2, -0.15) is 0 Å². The van der Waals surface area contributed by atoms with Crippen molar-refractivity contribution in [3.8, 4) is 0 Å². The van der Waals surface area contributed by atoms with Gasteiger partial charge in [-0.3, -0.25) is 4.79 Å². The molecule has 7 heteroatoms. The third-order valence-electron chi connectivity index (χ3n) is 3.86. The van der Waals surface area contributed by atoms with Crippen LogP contribution in [0.3, 0.4) is 0 Å². The van der Waals surface area contributed by atoms with Crippen LogP contribution in [0.2, 0.25) is 0 Å². The summed E-state index contributed by atoms with van der Waals surface area (Å²) in [6.45, 7) is 1.96. The van der Waals surface area contributed by atoms with E-state index in [2.05, 4.69) is 15.9 Å². The first-order valence-corrected chi connectivity index (χ1v) is 9.00. The number of ketones is 1. The van der Waals surface area contributed by atoms with E-state index in [1.54, 1.807) is 6.92 Å². The average Bonchev–Trinajstić information content (AvgIpc) is 2.92. The van der Waals surface area contributed by atoms with Crippen molar-refractivity contribution in [1.82, 2.24) is 0 Å². The summed E-state index contributed by atoms with van der Waals surface area (Å²) in [7, 11) is 0. The molecule has 0 radical (unpaired) electrons. The lowest BCUT2D eigenvalue weighted by Crippen LogP contribution is -2.31. The smallest absolute Gasteiger partial charge is 0.340 e. The fourth-order valence-corrected chi connectivity index (χ4v) is 4.48. The molecule has 0 saturated carbocycles. The summed E-state index contributed by atoms with van der Waals surface area (Å²) >= 11 is 4.90. The Kier molecular flexibility index (Phi) is 4.59. The van der Waals surface area contributed by atoms with Crippen LogP contribution in [-0.4, -0.2) is 18.4 Å². The lowest BCUT2D eigenvalue weighted by Gasteiger charge is -2.31. The average molecular weight is 398 g/mol. The molecule has 0 spiro atoms. The maximum absolute atomic E-state index is 12.5. The Balaban J connectivity index is 2.14. The van der Waals surface area contributed by atoms with Crippen LogP contribution in [0.25, 0.3) is 0 Å². The molecule has 1 atom stereocenters. The van der Waals surface area contributed by atoms with Crippen molar-refractivity contribution < 1.29 is 19.1 Å². The van der Waals surface area contributed by atoms with Crippen LogP contribution in [0.5, 0.6) is 0 Å². The monoisotopic (exact) mass is 397 g/mol. The van der Waals surface area contributed by atoms with Crippen molar-refractivity contribution in [2.45, 2.75) is 32.1 Å². The molecule has 2 heterocycles. The molecular weight excluding hydrogens is 382 g/mol. The number of allylic oxidation sites excluding steroid dienone is 2. The molecule has 2 aliphatic rings. The van der Waals surface area contributed by atoms with E-state index in [1.807, 2.05) is 12.1 Å². The lowest BCUT2D eigenvalue weighted by atomic mass is 9.80. The van der Waals surface area contributed by atoms with Gasteiger partial charge in [0, 0.05) is 23.3 Å². The first-order valence-electron chi connectivity index (χ1n) is 7.39. The van der Waals surface area contributed by atoms with Crippen molar-refractivity contribution in [1.29, 1.82) is 0 Å². The molecule has 0 fully saturated rings. The number of halogens is 1. The molecule has 1 aliphatic carbocycles. The molecule has 2 N–H and O–H groups in total. The van der Waals surface area contributed by atoms with E-state index >= 15 is 0 Å². The first kappa shape index (κ1) is 16.3. The number of thiophene rings is 1. The number of hydrogen-bond donors (Lipinski definition) is 1. The fourth-order valence-electron chi connectivity index (χ4n) is 2.93.